The first-order valence-electron chi connectivity index (χ1n) is 5.98. The highest BCUT2D eigenvalue weighted by molar-refractivity contribution is 5.06. The third-order valence-electron chi connectivity index (χ3n) is 3.14. The average Bonchev–Trinajstić information content (AvgIpc) is 3.07. The Hall–Kier alpha value is -0.590. The fraction of sp³-hybridized carbons (Fsp3) is 0.917. The van der Waals surface area contributed by atoms with E-state index in [-0.39, 0.29) is 5.54 Å². The van der Waals surface area contributed by atoms with Crippen LogP contribution in [0, 0.1) is 17.2 Å². The Morgan fingerprint density at radius 1 is 1.40 bits per heavy atom. The Bertz CT molecular complexity index is 253. The van der Waals surface area contributed by atoms with Crippen molar-refractivity contribution in [1.82, 2.24) is 5.32 Å². The Morgan fingerprint density at radius 2 is 2.13 bits per heavy atom. The van der Waals surface area contributed by atoms with Crippen molar-refractivity contribution in [2.45, 2.75) is 50.6 Å². The van der Waals surface area contributed by atoms with Gasteiger partial charge in [-0.25, -0.2) is 0 Å². The van der Waals surface area contributed by atoms with Gasteiger partial charge < -0.3 is 4.74 Å². The second-order valence-corrected chi connectivity index (χ2v) is 5.13. The highest BCUT2D eigenvalue weighted by Gasteiger charge is 2.32. The number of nitriles is 1. The van der Waals surface area contributed by atoms with E-state index < -0.39 is 0 Å². The predicted octanol–water partition coefficient (Wildman–Crippen LogP) is 1.84. The molecule has 3 nitrogen and oxygen atoms in total. The molecule has 2 saturated carbocycles. The number of hydrogen-bond acceptors (Lipinski definition) is 3. The second kappa shape index (κ2) is 4.51. The normalized spacial score (nSPS) is 24.5. The molecule has 2 aliphatic rings. The average molecular weight is 208 g/mol. The lowest BCUT2D eigenvalue weighted by Gasteiger charge is -2.23. The van der Waals surface area contributed by atoms with E-state index >= 15 is 0 Å². The summed E-state index contributed by atoms with van der Waals surface area (Å²) in [6, 6.07) is 2.94. The lowest BCUT2D eigenvalue weighted by Crippen LogP contribution is -2.43. The minimum absolute atomic E-state index is 0.384. The van der Waals surface area contributed by atoms with Crippen molar-refractivity contribution in [2.75, 3.05) is 13.2 Å². The maximum Gasteiger partial charge on any atom is 0.106 e. The van der Waals surface area contributed by atoms with Gasteiger partial charge in [0.1, 0.15) is 5.54 Å². The summed E-state index contributed by atoms with van der Waals surface area (Å²) < 4.78 is 5.57. The molecule has 0 radical (unpaired) electrons. The van der Waals surface area contributed by atoms with Crippen molar-refractivity contribution in [3.8, 4) is 6.07 Å². The molecular weight excluding hydrogens is 188 g/mol. The van der Waals surface area contributed by atoms with Crippen LogP contribution in [0.3, 0.4) is 0 Å². The van der Waals surface area contributed by atoms with Gasteiger partial charge in [-0.05, 0) is 38.5 Å². The maximum atomic E-state index is 9.11. The van der Waals surface area contributed by atoms with Gasteiger partial charge in [-0.2, -0.15) is 5.26 Å². The molecule has 3 heteroatoms. The van der Waals surface area contributed by atoms with E-state index in [1.165, 1.54) is 25.7 Å². The van der Waals surface area contributed by atoms with Crippen molar-refractivity contribution >= 4 is 0 Å². The number of hydrogen-bond donors (Lipinski definition) is 1. The molecule has 0 saturated heterocycles. The number of nitrogens with one attached hydrogen (secondary N) is 1. The van der Waals surface area contributed by atoms with E-state index in [0.717, 1.165) is 18.9 Å². The monoisotopic (exact) mass is 208 g/mol. The van der Waals surface area contributed by atoms with Gasteiger partial charge in [0.2, 0.25) is 0 Å². The van der Waals surface area contributed by atoms with Gasteiger partial charge >= 0.3 is 0 Å². The molecule has 1 unspecified atom stereocenters. The van der Waals surface area contributed by atoms with Gasteiger partial charge in [-0.3, -0.25) is 5.32 Å². The topological polar surface area (TPSA) is 45.0 Å². The quantitative estimate of drug-likeness (QED) is 0.649. The molecule has 2 aliphatic carbocycles. The fourth-order valence-electron chi connectivity index (χ4n) is 1.65. The van der Waals surface area contributed by atoms with Crippen LogP contribution in [0.4, 0.5) is 0 Å². The Balaban J connectivity index is 1.62. The van der Waals surface area contributed by atoms with E-state index in [9.17, 15) is 0 Å². The minimum Gasteiger partial charge on any atom is -0.381 e. The van der Waals surface area contributed by atoms with Gasteiger partial charge in [-0.15, -0.1) is 0 Å². The zero-order valence-corrected chi connectivity index (χ0v) is 9.46. The van der Waals surface area contributed by atoms with Crippen molar-refractivity contribution < 1.29 is 4.74 Å². The molecule has 2 fully saturated rings. The first-order chi connectivity index (χ1) is 7.22. The van der Waals surface area contributed by atoms with Crippen LogP contribution in [-0.4, -0.2) is 24.8 Å². The predicted molar refractivity (Wildman–Crippen MR) is 58.3 cm³/mol. The van der Waals surface area contributed by atoms with Crippen LogP contribution >= 0.6 is 0 Å². The van der Waals surface area contributed by atoms with Crippen molar-refractivity contribution in [3.63, 3.8) is 0 Å². The largest absolute Gasteiger partial charge is 0.381 e. The molecule has 0 aromatic heterocycles. The highest BCUT2D eigenvalue weighted by Crippen LogP contribution is 2.29. The second-order valence-electron chi connectivity index (χ2n) is 5.13. The van der Waals surface area contributed by atoms with Crippen LogP contribution in [0.2, 0.25) is 0 Å². The summed E-state index contributed by atoms with van der Waals surface area (Å²) in [6.45, 7) is 3.58. The van der Waals surface area contributed by atoms with Crippen LogP contribution in [0.1, 0.15) is 39.0 Å². The molecule has 1 N–H and O–H groups in total. The smallest absolute Gasteiger partial charge is 0.106 e. The van der Waals surface area contributed by atoms with E-state index in [4.69, 9.17) is 10.00 Å². The molecule has 0 bridgehead atoms. The summed E-state index contributed by atoms with van der Waals surface area (Å²) >= 11 is 0. The summed E-state index contributed by atoms with van der Waals surface area (Å²) in [7, 11) is 0. The van der Waals surface area contributed by atoms with Crippen LogP contribution in [0.25, 0.3) is 0 Å². The first kappa shape index (κ1) is 10.9. The third kappa shape index (κ3) is 3.81. The van der Waals surface area contributed by atoms with Crippen LogP contribution < -0.4 is 5.32 Å². The van der Waals surface area contributed by atoms with Crippen LogP contribution in [0.5, 0.6) is 0 Å². The molecule has 0 amide bonds. The van der Waals surface area contributed by atoms with Crippen LogP contribution in [-0.2, 0) is 4.74 Å². The summed E-state index contributed by atoms with van der Waals surface area (Å²) in [5.41, 5.74) is -0.384. The van der Waals surface area contributed by atoms with Crippen molar-refractivity contribution in [1.29, 1.82) is 5.26 Å². The minimum atomic E-state index is -0.384. The summed E-state index contributed by atoms with van der Waals surface area (Å²) in [4.78, 5) is 0. The molecule has 15 heavy (non-hydrogen) atoms. The molecule has 1 atom stereocenters. The molecule has 2 rings (SSSR count). The van der Waals surface area contributed by atoms with Crippen molar-refractivity contribution in [3.05, 3.63) is 0 Å². The van der Waals surface area contributed by atoms with E-state index in [0.29, 0.717) is 12.6 Å². The molecule has 0 aromatic carbocycles. The van der Waals surface area contributed by atoms with E-state index in [1.54, 1.807) is 0 Å². The van der Waals surface area contributed by atoms with Gasteiger partial charge in [0, 0.05) is 25.7 Å². The van der Waals surface area contributed by atoms with Gasteiger partial charge in [0.05, 0.1) is 6.07 Å². The molecule has 0 aromatic rings. The lowest BCUT2D eigenvalue weighted by molar-refractivity contribution is 0.109. The lowest BCUT2D eigenvalue weighted by atomic mass is 10.0. The van der Waals surface area contributed by atoms with E-state index in [1.807, 2.05) is 6.92 Å². The summed E-state index contributed by atoms with van der Waals surface area (Å²) in [5.74, 6) is 0.815. The Labute approximate surface area is 91.8 Å². The highest BCUT2D eigenvalue weighted by atomic mass is 16.5. The molecule has 84 valence electrons. The van der Waals surface area contributed by atoms with Gasteiger partial charge in [0.25, 0.3) is 0 Å². The molecule has 0 spiro atoms. The fourth-order valence-corrected chi connectivity index (χ4v) is 1.65. The van der Waals surface area contributed by atoms with Gasteiger partial charge in [0.15, 0.2) is 0 Å². The maximum absolute atomic E-state index is 9.11. The first-order valence-corrected chi connectivity index (χ1v) is 5.98. The number of ether oxygens (including phenoxy) is 1. The SMILES string of the molecule is CC(C#N)(CCOCC1CC1)NC1CC1. The molecule has 0 heterocycles. The van der Waals surface area contributed by atoms with Crippen molar-refractivity contribution in [2.24, 2.45) is 5.92 Å². The summed E-state index contributed by atoms with van der Waals surface area (Å²) in [5, 5.41) is 12.5. The number of nitrogens with zero attached hydrogens (tertiary/aromatic N) is 1. The van der Waals surface area contributed by atoms with Crippen LogP contribution in [0.15, 0.2) is 0 Å². The van der Waals surface area contributed by atoms with E-state index in [2.05, 4.69) is 11.4 Å². The standard InChI is InChI=1S/C12H20N2O/c1-12(9-13,14-11-4-5-11)6-7-15-8-10-2-3-10/h10-11,14H,2-8H2,1H3. The van der Waals surface area contributed by atoms with Gasteiger partial charge in [-0.1, -0.05) is 0 Å². The zero-order valence-electron chi connectivity index (χ0n) is 9.46. The zero-order chi connectivity index (χ0) is 10.7. The Morgan fingerprint density at radius 3 is 2.67 bits per heavy atom. The third-order valence-corrected chi connectivity index (χ3v) is 3.14. The summed E-state index contributed by atoms with van der Waals surface area (Å²) in [6.07, 6.45) is 5.90. The molecule has 0 aliphatic heterocycles. The Kier molecular flexibility index (Phi) is 3.28. The number of rotatable bonds is 7. The molecular formula is C12H20N2O.